The first-order valence-corrected chi connectivity index (χ1v) is 10.3. The molecule has 2 aromatic rings. The molecule has 0 radical (unpaired) electrons. The van der Waals surface area contributed by atoms with Crippen LogP contribution in [0.25, 0.3) is 6.08 Å². The zero-order chi connectivity index (χ0) is 22.2. The highest BCUT2D eigenvalue weighted by Gasteiger charge is 2.36. The number of thioether (sulfide) groups is 1. The van der Waals surface area contributed by atoms with Crippen LogP contribution >= 0.6 is 11.8 Å². The molecule has 0 bridgehead atoms. The van der Waals surface area contributed by atoms with Crippen LogP contribution in [0.2, 0.25) is 0 Å². The summed E-state index contributed by atoms with van der Waals surface area (Å²) in [4.78, 5) is 49.4. The van der Waals surface area contributed by atoms with E-state index in [2.05, 4.69) is 5.32 Å². The average Bonchev–Trinajstić information content (AvgIpc) is 3.01. The van der Waals surface area contributed by atoms with E-state index in [1.165, 1.54) is 6.08 Å². The lowest BCUT2D eigenvalue weighted by Crippen LogP contribution is -2.34. The number of benzene rings is 2. The molecular formula is C22H20N2O6S. The van der Waals surface area contributed by atoms with Gasteiger partial charge in [0, 0.05) is 11.3 Å². The Hall–Kier alpha value is -3.59. The van der Waals surface area contributed by atoms with Gasteiger partial charge in [0.15, 0.2) is 6.61 Å². The largest absolute Gasteiger partial charge is 0.483 e. The molecule has 1 fully saturated rings. The van der Waals surface area contributed by atoms with Crippen molar-refractivity contribution >= 4 is 46.5 Å². The Bertz CT molecular complexity index is 1020. The van der Waals surface area contributed by atoms with Crippen LogP contribution in [0.5, 0.6) is 5.75 Å². The fraction of sp³-hybridized carbons (Fsp3) is 0.182. The summed E-state index contributed by atoms with van der Waals surface area (Å²) >= 11 is 0.728. The van der Waals surface area contributed by atoms with Crippen LogP contribution in [0, 0.1) is 0 Å². The molecule has 31 heavy (non-hydrogen) atoms. The Morgan fingerprint density at radius 1 is 1.06 bits per heavy atom. The molecule has 3 rings (SSSR count). The number of nitrogens with zero attached hydrogens (tertiary/aromatic N) is 1. The van der Waals surface area contributed by atoms with Gasteiger partial charge in [-0.1, -0.05) is 36.4 Å². The van der Waals surface area contributed by atoms with Gasteiger partial charge in [-0.2, -0.15) is 0 Å². The normalized spacial score (nSPS) is 14.6. The Labute approximate surface area is 183 Å². The van der Waals surface area contributed by atoms with E-state index in [9.17, 15) is 19.2 Å². The van der Waals surface area contributed by atoms with Crippen LogP contribution in [0.4, 0.5) is 10.5 Å². The van der Waals surface area contributed by atoms with Crippen LogP contribution in [0.3, 0.4) is 0 Å². The molecule has 8 nitrogen and oxygen atoms in total. The van der Waals surface area contributed by atoms with Crippen LogP contribution in [0.15, 0.2) is 59.5 Å². The molecule has 0 spiro atoms. The van der Waals surface area contributed by atoms with Crippen molar-refractivity contribution in [3.8, 4) is 5.75 Å². The number of carbonyl (C=O) groups excluding carboxylic acids is 4. The van der Waals surface area contributed by atoms with Crippen molar-refractivity contribution in [3.05, 3.63) is 65.1 Å². The lowest BCUT2D eigenvalue weighted by Gasteiger charge is -2.11. The Morgan fingerprint density at radius 2 is 1.77 bits per heavy atom. The van der Waals surface area contributed by atoms with Crippen molar-refractivity contribution in [2.24, 2.45) is 0 Å². The zero-order valence-electron chi connectivity index (χ0n) is 16.7. The molecule has 0 saturated carbocycles. The first-order valence-electron chi connectivity index (χ1n) is 9.45. The molecule has 1 saturated heterocycles. The van der Waals surface area contributed by atoms with Crippen molar-refractivity contribution in [3.63, 3.8) is 0 Å². The fourth-order valence-electron chi connectivity index (χ4n) is 2.71. The summed E-state index contributed by atoms with van der Waals surface area (Å²) in [6.07, 6.45) is 1.50. The van der Waals surface area contributed by atoms with E-state index in [0.717, 1.165) is 16.7 Å². The van der Waals surface area contributed by atoms with Crippen molar-refractivity contribution in [1.29, 1.82) is 0 Å². The number of rotatable bonds is 8. The minimum Gasteiger partial charge on any atom is -0.483 e. The summed E-state index contributed by atoms with van der Waals surface area (Å²) in [5, 5.41) is 2.17. The summed E-state index contributed by atoms with van der Waals surface area (Å²) in [6.45, 7) is 1.13. The number of amides is 3. The molecule has 0 aromatic heterocycles. The molecule has 160 valence electrons. The predicted octanol–water partition coefficient (Wildman–Crippen LogP) is 3.30. The highest BCUT2D eigenvalue weighted by atomic mass is 32.2. The van der Waals surface area contributed by atoms with Gasteiger partial charge in [-0.15, -0.1) is 0 Å². The van der Waals surface area contributed by atoms with E-state index >= 15 is 0 Å². The number of hydrogen-bond acceptors (Lipinski definition) is 7. The fourth-order valence-corrected chi connectivity index (χ4v) is 3.54. The van der Waals surface area contributed by atoms with Crippen LogP contribution < -0.4 is 10.1 Å². The molecule has 0 aliphatic carbocycles. The van der Waals surface area contributed by atoms with Crippen LogP contribution in [-0.2, 0) is 19.1 Å². The second kappa shape index (κ2) is 10.4. The van der Waals surface area contributed by atoms with Crippen LogP contribution in [-0.4, -0.2) is 47.7 Å². The Kier molecular flexibility index (Phi) is 7.45. The molecule has 1 heterocycles. The maximum absolute atomic E-state index is 12.5. The van der Waals surface area contributed by atoms with Crippen molar-refractivity contribution in [2.75, 3.05) is 25.1 Å². The van der Waals surface area contributed by atoms with E-state index in [4.69, 9.17) is 9.47 Å². The quantitative estimate of drug-likeness (QED) is 0.496. The molecule has 0 unspecified atom stereocenters. The number of anilines is 1. The number of nitrogens with one attached hydrogen (secondary N) is 1. The molecule has 9 heteroatoms. The van der Waals surface area contributed by atoms with Crippen LogP contribution in [0.1, 0.15) is 12.5 Å². The monoisotopic (exact) mass is 440 g/mol. The van der Waals surface area contributed by atoms with Gasteiger partial charge in [0.05, 0.1) is 11.5 Å². The van der Waals surface area contributed by atoms with Gasteiger partial charge < -0.3 is 14.8 Å². The minimum atomic E-state index is -0.654. The molecule has 1 aliphatic heterocycles. The standard InChI is InChI=1S/C22H20N2O6S/c1-2-29-20(26)13-24-21(27)18(31-22(24)28)12-15-8-6-7-11-17(15)30-14-19(25)23-16-9-4-3-5-10-16/h3-12H,2,13-14H2,1H3,(H,23,25)/b18-12+. The van der Waals surface area contributed by atoms with Gasteiger partial charge in [0.2, 0.25) is 0 Å². The topological polar surface area (TPSA) is 102 Å². The van der Waals surface area contributed by atoms with Gasteiger partial charge in [-0.3, -0.25) is 24.1 Å². The second-order valence-electron chi connectivity index (χ2n) is 6.31. The first kappa shape index (κ1) is 22.1. The summed E-state index contributed by atoms with van der Waals surface area (Å²) < 4.78 is 10.4. The number of imide groups is 1. The maximum atomic E-state index is 12.5. The number of hydrogen-bond donors (Lipinski definition) is 1. The average molecular weight is 440 g/mol. The Morgan fingerprint density at radius 3 is 2.52 bits per heavy atom. The van der Waals surface area contributed by atoms with E-state index in [-0.39, 0.29) is 24.0 Å². The van der Waals surface area contributed by atoms with Gasteiger partial charge >= 0.3 is 5.97 Å². The lowest BCUT2D eigenvalue weighted by molar-refractivity contribution is -0.146. The highest BCUT2D eigenvalue weighted by Crippen LogP contribution is 2.33. The molecule has 1 aliphatic rings. The molecular weight excluding hydrogens is 420 g/mol. The highest BCUT2D eigenvalue weighted by molar-refractivity contribution is 8.18. The third-order valence-electron chi connectivity index (χ3n) is 4.09. The number of carbonyl (C=O) groups is 4. The third-order valence-corrected chi connectivity index (χ3v) is 5.00. The number of esters is 1. The molecule has 2 aromatic carbocycles. The van der Waals surface area contributed by atoms with Gasteiger partial charge in [-0.25, -0.2) is 0 Å². The molecule has 0 atom stereocenters. The van der Waals surface area contributed by atoms with E-state index < -0.39 is 23.7 Å². The van der Waals surface area contributed by atoms with Gasteiger partial charge in [0.25, 0.3) is 17.1 Å². The maximum Gasteiger partial charge on any atom is 0.326 e. The summed E-state index contributed by atoms with van der Waals surface area (Å²) in [6, 6.07) is 15.8. The van der Waals surface area contributed by atoms with Gasteiger partial charge in [-0.05, 0) is 43.0 Å². The van der Waals surface area contributed by atoms with E-state index in [0.29, 0.717) is 17.0 Å². The predicted molar refractivity (Wildman–Crippen MR) is 116 cm³/mol. The third kappa shape index (κ3) is 5.95. The Balaban J connectivity index is 1.68. The first-order chi connectivity index (χ1) is 15.0. The minimum absolute atomic E-state index is 0.152. The summed E-state index contributed by atoms with van der Waals surface area (Å²) in [7, 11) is 0. The second-order valence-corrected chi connectivity index (χ2v) is 7.31. The van der Waals surface area contributed by atoms with Gasteiger partial charge in [0.1, 0.15) is 12.3 Å². The van der Waals surface area contributed by atoms with Crippen molar-refractivity contribution in [1.82, 2.24) is 4.90 Å². The molecule has 1 N–H and O–H groups in total. The zero-order valence-corrected chi connectivity index (χ0v) is 17.5. The smallest absolute Gasteiger partial charge is 0.326 e. The summed E-state index contributed by atoms with van der Waals surface area (Å²) in [5.41, 5.74) is 1.18. The number of para-hydroxylation sites is 2. The van der Waals surface area contributed by atoms with Crippen molar-refractivity contribution < 1.29 is 28.7 Å². The van der Waals surface area contributed by atoms with E-state index in [1.54, 1.807) is 55.5 Å². The summed E-state index contributed by atoms with van der Waals surface area (Å²) in [5.74, 6) is -1.20. The molecule has 3 amide bonds. The van der Waals surface area contributed by atoms with Crippen molar-refractivity contribution in [2.45, 2.75) is 6.92 Å². The number of ether oxygens (including phenoxy) is 2. The lowest BCUT2D eigenvalue weighted by atomic mass is 10.2. The van der Waals surface area contributed by atoms with E-state index in [1.807, 2.05) is 6.07 Å². The SMILES string of the molecule is CCOC(=O)CN1C(=O)S/C(=C/c2ccccc2OCC(=O)Nc2ccccc2)C1=O.